The van der Waals surface area contributed by atoms with Gasteiger partial charge in [0.2, 0.25) is 0 Å². The van der Waals surface area contributed by atoms with E-state index in [-0.39, 0.29) is 5.82 Å². The van der Waals surface area contributed by atoms with E-state index in [4.69, 9.17) is 0 Å². The van der Waals surface area contributed by atoms with Gasteiger partial charge in [0.15, 0.2) is 0 Å². The second-order valence-electron chi connectivity index (χ2n) is 2.58. The molecule has 0 bridgehead atoms. The van der Waals surface area contributed by atoms with Crippen molar-refractivity contribution in [3.05, 3.63) is 39.6 Å². The average molecular weight is 213 g/mol. The molecule has 0 saturated carbocycles. The summed E-state index contributed by atoms with van der Waals surface area (Å²) in [7, 11) is 0. The van der Waals surface area contributed by atoms with Crippen molar-refractivity contribution in [2.75, 3.05) is 0 Å². The molecule has 1 aromatic carbocycles. The molecule has 0 N–H and O–H groups in total. The first-order valence-corrected chi connectivity index (χ1v) is 4.20. The topological polar surface area (TPSA) is 0 Å². The zero-order valence-corrected chi connectivity index (χ0v) is 7.36. The molecule has 1 aliphatic rings. The normalized spacial score (nSPS) is 14.5. The summed E-state index contributed by atoms with van der Waals surface area (Å²) >= 11 is 3.35. The van der Waals surface area contributed by atoms with Crippen LogP contribution >= 0.6 is 15.9 Å². The molecule has 2 heteroatoms. The predicted molar refractivity (Wildman–Crippen MR) is 47.0 cm³/mol. The van der Waals surface area contributed by atoms with Crippen LogP contribution in [-0.4, -0.2) is 0 Å². The number of hydrogen-bond donors (Lipinski definition) is 0. The van der Waals surface area contributed by atoms with Gasteiger partial charge in [-0.3, -0.25) is 0 Å². The summed E-state index contributed by atoms with van der Waals surface area (Å²) in [5.41, 5.74) is 1.80. The third kappa shape index (κ3) is 1.11. The molecule has 0 radical (unpaired) electrons. The van der Waals surface area contributed by atoms with Crippen LogP contribution in [-0.2, 0) is 6.42 Å². The minimum Gasteiger partial charge on any atom is -0.207 e. The van der Waals surface area contributed by atoms with Crippen molar-refractivity contribution in [2.24, 2.45) is 0 Å². The molecule has 0 atom stereocenters. The van der Waals surface area contributed by atoms with Gasteiger partial charge in [0.1, 0.15) is 5.82 Å². The fourth-order valence-corrected chi connectivity index (χ4v) is 1.81. The summed E-state index contributed by atoms with van der Waals surface area (Å²) in [6.45, 7) is 0. The molecule has 2 rings (SSSR count). The van der Waals surface area contributed by atoms with E-state index >= 15 is 0 Å². The maximum atomic E-state index is 13.0. The lowest BCUT2D eigenvalue weighted by Crippen LogP contribution is -1.87. The summed E-state index contributed by atoms with van der Waals surface area (Å²) in [6.07, 6.45) is 2.65. The fraction of sp³-hybridized carbons (Fsp3) is 0.111. The van der Waals surface area contributed by atoms with Crippen molar-refractivity contribution in [2.45, 2.75) is 6.42 Å². The zero-order chi connectivity index (χ0) is 7.84. The highest BCUT2D eigenvalue weighted by atomic mass is 79.9. The Morgan fingerprint density at radius 3 is 2.91 bits per heavy atom. The first-order valence-electron chi connectivity index (χ1n) is 3.41. The smallest absolute Gasteiger partial charge is 0.127 e. The Bertz CT molecular complexity index is 328. The van der Waals surface area contributed by atoms with E-state index < -0.39 is 0 Å². The molecule has 56 valence electrons. The van der Waals surface area contributed by atoms with Crippen LogP contribution in [0.15, 0.2) is 22.7 Å². The summed E-state index contributed by atoms with van der Waals surface area (Å²) in [5.74, 6) is -0.104. The van der Waals surface area contributed by atoms with Crippen molar-refractivity contribution in [1.82, 2.24) is 0 Å². The molecule has 0 heterocycles. The highest BCUT2D eigenvalue weighted by molar-refractivity contribution is 9.11. The van der Waals surface area contributed by atoms with Crippen molar-refractivity contribution in [3.63, 3.8) is 0 Å². The van der Waals surface area contributed by atoms with E-state index in [9.17, 15) is 4.39 Å². The maximum absolute atomic E-state index is 13.0. The SMILES string of the molecule is Fc1cccc2c1CC(Br)=C2. The summed E-state index contributed by atoms with van der Waals surface area (Å²) in [5, 5.41) is 0. The monoisotopic (exact) mass is 212 g/mol. The van der Waals surface area contributed by atoms with E-state index in [0.29, 0.717) is 6.42 Å². The van der Waals surface area contributed by atoms with E-state index in [0.717, 1.165) is 15.6 Å². The number of hydrogen-bond acceptors (Lipinski definition) is 0. The molecule has 0 fully saturated rings. The Balaban J connectivity index is 2.59. The third-order valence-corrected chi connectivity index (χ3v) is 2.32. The minimum absolute atomic E-state index is 0.104. The molecule has 0 saturated heterocycles. The first-order chi connectivity index (χ1) is 5.27. The van der Waals surface area contributed by atoms with Gasteiger partial charge in [-0.25, -0.2) is 4.39 Å². The predicted octanol–water partition coefficient (Wildman–Crippen LogP) is 3.12. The molecule has 0 unspecified atom stereocenters. The van der Waals surface area contributed by atoms with E-state index in [1.807, 2.05) is 12.1 Å². The van der Waals surface area contributed by atoms with Gasteiger partial charge in [0.25, 0.3) is 0 Å². The van der Waals surface area contributed by atoms with Gasteiger partial charge in [-0.2, -0.15) is 0 Å². The van der Waals surface area contributed by atoms with Crippen molar-refractivity contribution >= 4 is 22.0 Å². The van der Waals surface area contributed by atoms with E-state index in [2.05, 4.69) is 15.9 Å². The molecule has 11 heavy (non-hydrogen) atoms. The highest BCUT2D eigenvalue weighted by Crippen LogP contribution is 2.29. The van der Waals surface area contributed by atoms with Crippen LogP contribution < -0.4 is 0 Å². The largest absolute Gasteiger partial charge is 0.207 e. The number of fused-ring (bicyclic) bond motifs is 1. The Kier molecular flexibility index (Phi) is 1.57. The van der Waals surface area contributed by atoms with Crippen LogP contribution in [0.25, 0.3) is 6.08 Å². The lowest BCUT2D eigenvalue weighted by atomic mass is 10.1. The Labute approximate surface area is 72.9 Å². The van der Waals surface area contributed by atoms with Crippen LogP contribution in [0.2, 0.25) is 0 Å². The van der Waals surface area contributed by atoms with Gasteiger partial charge < -0.3 is 0 Å². The molecule has 1 aliphatic carbocycles. The summed E-state index contributed by atoms with van der Waals surface area (Å²) in [4.78, 5) is 0. The van der Waals surface area contributed by atoms with Gasteiger partial charge in [-0.1, -0.05) is 28.1 Å². The molecule has 0 spiro atoms. The average Bonchev–Trinajstić information content (AvgIpc) is 2.31. The summed E-state index contributed by atoms with van der Waals surface area (Å²) in [6, 6.07) is 5.15. The van der Waals surface area contributed by atoms with Gasteiger partial charge in [0.05, 0.1) is 0 Å². The first kappa shape index (κ1) is 7.04. The van der Waals surface area contributed by atoms with E-state index in [1.54, 1.807) is 6.07 Å². The number of benzene rings is 1. The van der Waals surface area contributed by atoms with Crippen LogP contribution in [0.4, 0.5) is 4.39 Å². The maximum Gasteiger partial charge on any atom is 0.127 e. The van der Waals surface area contributed by atoms with Crippen LogP contribution in [0.3, 0.4) is 0 Å². The fourth-order valence-electron chi connectivity index (χ4n) is 1.29. The summed E-state index contributed by atoms with van der Waals surface area (Å²) < 4.78 is 14.1. The standard InChI is InChI=1S/C9H6BrF/c10-7-4-6-2-1-3-9(11)8(6)5-7/h1-4H,5H2. The third-order valence-electron chi connectivity index (χ3n) is 1.81. The zero-order valence-electron chi connectivity index (χ0n) is 5.77. The Morgan fingerprint density at radius 2 is 2.18 bits per heavy atom. The second kappa shape index (κ2) is 2.45. The minimum atomic E-state index is -0.104. The van der Waals surface area contributed by atoms with Crippen LogP contribution in [0, 0.1) is 5.82 Å². The molecular formula is C9H6BrF. The quantitative estimate of drug-likeness (QED) is 0.621. The van der Waals surface area contributed by atoms with Crippen molar-refractivity contribution in [3.8, 4) is 0 Å². The van der Waals surface area contributed by atoms with Crippen LogP contribution in [0.1, 0.15) is 11.1 Å². The number of allylic oxidation sites excluding steroid dienone is 1. The molecule has 0 nitrogen and oxygen atoms in total. The number of rotatable bonds is 0. The van der Waals surface area contributed by atoms with Gasteiger partial charge in [0, 0.05) is 10.9 Å². The van der Waals surface area contributed by atoms with Crippen molar-refractivity contribution in [1.29, 1.82) is 0 Å². The lowest BCUT2D eigenvalue weighted by Gasteiger charge is -1.97. The van der Waals surface area contributed by atoms with E-state index in [1.165, 1.54) is 6.07 Å². The molecule has 0 aromatic heterocycles. The molecule has 1 aromatic rings. The Morgan fingerprint density at radius 1 is 1.36 bits per heavy atom. The molecule has 0 amide bonds. The number of halogens is 2. The van der Waals surface area contributed by atoms with Gasteiger partial charge in [-0.05, 0) is 23.3 Å². The van der Waals surface area contributed by atoms with Gasteiger partial charge in [-0.15, -0.1) is 0 Å². The molecular weight excluding hydrogens is 207 g/mol. The second-order valence-corrected chi connectivity index (χ2v) is 3.59. The van der Waals surface area contributed by atoms with Gasteiger partial charge >= 0.3 is 0 Å². The van der Waals surface area contributed by atoms with Crippen LogP contribution in [0.5, 0.6) is 0 Å². The molecule has 0 aliphatic heterocycles. The lowest BCUT2D eigenvalue weighted by molar-refractivity contribution is 0.615. The van der Waals surface area contributed by atoms with Crippen molar-refractivity contribution < 1.29 is 4.39 Å². The highest BCUT2D eigenvalue weighted by Gasteiger charge is 2.13. The Hall–Kier alpha value is -0.630.